The number of carbonyl (C=O) groups excluding carboxylic acids is 2. The maximum Gasteiger partial charge on any atom is 0.322 e. The summed E-state index contributed by atoms with van der Waals surface area (Å²) < 4.78 is 20.2. The van der Waals surface area contributed by atoms with Crippen molar-refractivity contribution < 1.29 is 18.7 Å². The van der Waals surface area contributed by atoms with Crippen LogP contribution in [0.1, 0.15) is 5.56 Å². The number of halogens is 1. The SMILES string of the molecule is COCCN(CC(=O)Nc1cc(-c2ccccc2)nn1-c1ccc(F)cc1)C(=O)Nc1cccc(C)c1. The van der Waals surface area contributed by atoms with Crippen molar-refractivity contribution in [3.05, 3.63) is 96.3 Å². The van der Waals surface area contributed by atoms with Gasteiger partial charge in [-0.25, -0.2) is 13.9 Å². The van der Waals surface area contributed by atoms with Gasteiger partial charge in [-0.05, 0) is 48.9 Å². The van der Waals surface area contributed by atoms with Crippen molar-refractivity contribution in [3.63, 3.8) is 0 Å². The van der Waals surface area contributed by atoms with Gasteiger partial charge >= 0.3 is 6.03 Å². The first-order valence-corrected chi connectivity index (χ1v) is 11.8. The zero-order valence-electron chi connectivity index (χ0n) is 20.6. The molecule has 0 spiro atoms. The van der Waals surface area contributed by atoms with Gasteiger partial charge in [0.05, 0.1) is 18.0 Å². The van der Waals surface area contributed by atoms with Gasteiger partial charge in [0, 0.05) is 31.0 Å². The van der Waals surface area contributed by atoms with Crippen molar-refractivity contribution >= 4 is 23.4 Å². The number of urea groups is 1. The van der Waals surface area contributed by atoms with E-state index < -0.39 is 11.9 Å². The van der Waals surface area contributed by atoms with Crippen LogP contribution in [0.3, 0.4) is 0 Å². The number of amides is 3. The monoisotopic (exact) mass is 501 g/mol. The molecule has 9 heteroatoms. The summed E-state index contributed by atoms with van der Waals surface area (Å²) in [6.07, 6.45) is 0. The molecule has 0 bridgehead atoms. The molecule has 0 saturated heterocycles. The maximum atomic E-state index is 13.5. The van der Waals surface area contributed by atoms with Crippen LogP contribution in [0.4, 0.5) is 20.7 Å². The molecule has 3 aromatic carbocycles. The second kappa shape index (κ2) is 12.0. The maximum absolute atomic E-state index is 13.5. The Bertz CT molecular complexity index is 1360. The van der Waals surface area contributed by atoms with Crippen LogP contribution in [0, 0.1) is 12.7 Å². The lowest BCUT2D eigenvalue weighted by Crippen LogP contribution is -2.42. The molecule has 3 amide bonds. The fourth-order valence-electron chi connectivity index (χ4n) is 3.73. The van der Waals surface area contributed by atoms with E-state index in [-0.39, 0.29) is 25.5 Å². The Morgan fingerprint density at radius 3 is 2.43 bits per heavy atom. The van der Waals surface area contributed by atoms with Crippen LogP contribution < -0.4 is 10.6 Å². The summed E-state index contributed by atoms with van der Waals surface area (Å²) in [6.45, 7) is 2.20. The van der Waals surface area contributed by atoms with Crippen LogP contribution in [0.15, 0.2) is 84.9 Å². The van der Waals surface area contributed by atoms with Crippen LogP contribution in [0.5, 0.6) is 0 Å². The van der Waals surface area contributed by atoms with E-state index in [9.17, 15) is 14.0 Å². The standard InChI is InChI=1S/C28H28FN5O3/c1-20-7-6-10-23(17-20)30-28(36)33(15-16-37-2)19-27(35)31-26-18-25(21-8-4-3-5-9-21)32-34(26)24-13-11-22(29)12-14-24/h3-14,17-18H,15-16,19H2,1-2H3,(H,30,36)(H,31,35). The lowest BCUT2D eigenvalue weighted by molar-refractivity contribution is -0.116. The van der Waals surface area contributed by atoms with Gasteiger partial charge in [0.2, 0.25) is 5.91 Å². The topological polar surface area (TPSA) is 88.5 Å². The van der Waals surface area contributed by atoms with Crippen LogP contribution in [-0.2, 0) is 9.53 Å². The first-order valence-electron chi connectivity index (χ1n) is 11.8. The Morgan fingerprint density at radius 2 is 1.73 bits per heavy atom. The van der Waals surface area contributed by atoms with Gasteiger partial charge < -0.3 is 20.3 Å². The van der Waals surface area contributed by atoms with Gasteiger partial charge in [0.25, 0.3) is 0 Å². The van der Waals surface area contributed by atoms with Gasteiger partial charge in [-0.2, -0.15) is 5.10 Å². The minimum atomic E-state index is -0.421. The van der Waals surface area contributed by atoms with Crippen molar-refractivity contribution in [2.45, 2.75) is 6.92 Å². The number of nitrogens with zero attached hydrogens (tertiary/aromatic N) is 3. The first-order chi connectivity index (χ1) is 17.9. The van der Waals surface area contributed by atoms with E-state index in [1.165, 1.54) is 28.8 Å². The highest BCUT2D eigenvalue weighted by molar-refractivity contribution is 5.97. The number of rotatable bonds is 9. The van der Waals surface area contributed by atoms with Gasteiger partial charge in [0.1, 0.15) is 18.2 Å². The Balaban J connectivity index is 1.55. The third kappa shape index (κ3) is 6.80. The van der Waals surface area contributed by atoms with Gasteiger partial charge in [-0.15, -0.1) is 0 Å². The number of benzene rings is 3. The second-order valence-electron chi connectivity index (χ2n) is 8.43. The minimum absolute atomic E-state index is 0.212. The quantitative estimate of drug-likeness (QED) is 0.334. The number of hydrogen-bond donors (Lipinski definition) is 2. The third-order valence-electron chi connectivity index (χ3n) is 5.57. The van der Waals surface area contributed by atoms with Crippen LogP contribution >= 0.6 is 0 Å². The molecule has 4 rings (SSSR count). The van der Waals surface area contributed by atoms with E-state index in [0.717, 1.165) is 11.1 Å². The molecular formula is C28H28FN5O3. The Kier molecular flexibility index (Phi) is 8.27. The number of anilines is 2. The van der Waals surface area contributed by atoms with Crippen LogP contribution in [0.25, 0.3) is 16.9 Å². The molecule has 8 nitrogen and oxygen atoms in total. The summed E-state index contributed by atoms with van der Waals surface area (Å²) >= 11 is 0. The van der Waals surface area contributed by atoms with Crippen molar-refractivity contribution in [2.24, 2.45) is 0 Å². The number of carbonyl (C=O) groups is 2. The van der Waals surface area contributed by atoms with E-state index >= 15 is 0 Å². The summed E-state index contributed by atoms with van der Waals surface area (Å²) in [5.41, 5.74) is 3.70. The van der Waals surface area contributed by atoms with E-state index in [0.29, 0.717) is 22.9 Å². The Hall–Kier alpha value is -4.50. The highest BCUT2D eigenvalue weighted by Gasteiger charge is 2.20. The Labute approximate surface area is 214 Å². The largest absolute Gasteiger partial charge is 0.383 e. The van der Waals surface area contributed by atoms with Crippen molar-refractivity contribution in [2.75, 3.05) is 37.4 Å². The number of aryl methyl sites for hydroxylation is 1. The molecule has 0 atom stereocenters. The zero-order valence-corrected chi connectivity index (χ0v) is 20.6. The van der Waals surface area contributed by atoms with Crippen LogP contribution in [-0.4, -0.2) is 53.4 Å². The van der Waals surface area contributed by atoms with Crippen molar-refractivity contribution in [3.8, 4) is 16.9 Å². The molecule has 0 saturated carbocycles. The summed E-state index contributed by atoms with van der Waals surface area (Å²) in [5.74, 6) is -0.405. The molecule has 0 fully saturated rings. The lowest BCUT2D eigenvalue weighted by Gasteiger charge is -2.22. The normalized spacial score (nSPS) is 10.7. The van der Waals surface area contributed by atoms with E-state index in [2.05, 4.69) is 15.7 Å². The smallest absolute Gasteiger partial charge is 0.322 e. The number of aromatic nitrogens is 2. The molecule has 0 aliphatic heterocycles. The van der Waals surface area contributed by atoms with Crippen molar-refractivity contribution in [1.82, 2.24) is 14.7 Å². The average molecular weight is 502 g/mol. The van der Waals surface area contributed by atoms with E-state index in [4.69, 9.17) is 4.74 Å². The molecule has 190 valence electrons. The van der Waals surface area contributed by atoms with Crippen molar-refractivity contribution in [1.29, 1.82) is 0 Å². The van der Waals surface area contributed by atoms with Gasteiger partial charge in [0.15, 0.2) is 0 Å². The fraction of sp³-hybridized carbons (Fsp3) is 0.179. The average Bonchev–Trinajstić information content (AvgIpc) is 3.31. The molecule has 0 unspecified atom stereocenters. The molecule has 1 aromatic heterocycles. The van der Waals surface area contributed by atoms with Gasteiger partial charge in [-0.3, -0.25) is 4.79 Å². The number of methoxy groups -OCH3 is 1. The van der Waals surface area contributed by atoms with E-state index in [1.807, 2.05) is 55.5 Å². The number of ether oxygens (including phenoxy) is 1. The summed E-state index contributed by atoms with van der Waals surface area (Å²) in [4.78, 5) is 27.4. The summed E-state index contributed by atoms with van der Waals surface area (Å²) in [5, 5.41) is 10.3. The number of hydrogen-bond acceptors (Lipinski definition) is 4. The predicted molar refractivity (Wildman–Crippen MR) is 141 cm³/mol. The van der Waals surface area contributed by atoms with Gasteiger partial charge in [-0.1, -0.05) is 42.5 Å². The molecule has 4 aromatic rings. The lowest BCUT2D eigenvalue weighted by atomic mass is 10.1. The molecule has 0 radical (unpaired) electrons. The Morgan fingerprint density at radius 1 is 0.973 bits per heavy atom. The zero-order chi connectivity index (χ0) is 26.2. The second-order valence-corrected chi connectivity index (χ2v) is 8.43. The molecular weight excluding hydrogens is 473 g/mol. The first kappa shape index (κ1) is 25.6. The van der Waals surface area contributed by atoms with Crippen LogP contribution in [0.2, 0.25) is 0 Å². The highest BCUT2D eigenvalue weighted by atomic mass is 19.1. The molecule has 37 heavy (non-hydrogen) atoms. The molecule has 2 N–H and O–H groups in total. The summed E-state index contributed by atoms with van der Waals surface area (Å²) in [7, 11) is 1.53. The molecule has 0 aliphatic rings. The molecule has 1 heterocycles. The van der Waals surface area contributed by atoms with E-state index in [1.54, 1.807) is 24.3 Å². The predicted octanol–water partition coefficient (Wildman–Crippen LogP) is 5.11. The summed E-state index contributed by atoms with van der Waals surface area (Å²) in [6, 6.07) is 24.0. The highest BCUT2D eigenvalue weighted by Crippen LogP contribution is 2.25. The minimum Gasteiger partial charge on any atom is -0.383 e. The number of nitrogens with one attached hydrogen (secondary N) is 2. The fourth-order valence-corrected chi connectivity index (χ4v) is 3.73. The molecule has 0 aliphatic carbocycles. The third-order valence-corrected chi connectivity index (χ3v) is 5.57.